The summed E-state index contributed by atoms with van der Waals surface area (Å²) < 4.78 is 10.8. The van der Waals surface area contributed by atoms with E-state index in [1.54, 1.807) is 12.2 Å². The second kappa shape index (κ2) is 11.8. The van der Waals surface area contributed by atoms with Crippen molar-refractivity contribution in [1.82, 2.24) is 5.32 Å². The van der Waals surface area contributed by atoms with E-state index in [0.717, 1.165) is 37.2 Å². The van der Waals surface area contributed by atoms with Gasteiger partial charge in [-0.05, 0) is 43.5 Å². The molecule has 122 valence electrons. The zero-order chi connectivity index (χ0) is 16.0. The van der Waals surface area contributed by atoms with Crippen molar-refractivity contribution in [1.29, 1.82) is 0 Å². The van der Waals surface area contributed by atoms with Crippen LogP contribution in [0.4, 0.5) is 0 Å². The van der Waals surface area contributed by atoms with Crippen LogP contribution in [-0.2, 0) is 9.53 Å². The molecule has 22 heavy (non-hydrogen) atoms. The quantitative estimate of drug-likeness (QED) is 0.503. The van der Waals surface area contributed by atoms with Crippen LogP contribution in [0, 0.1) is 0 Å². The largest absolute Gasteiger partial charge is 0.494 e. The SMILES string of the molecule is CCCCOCCCNC(=O)/C=C/c1ccc(OCC)cc1. The number of carbonyl (C=O) groups is 1. The molecule has 1 N–H and O–H groups in total. The fraction of sp³-hybridized carbons (Fsp3) is 0.500. The molecule has 0 fully saturated rings. The topological polar surface area (TPSA) is 47.6 Å². The summed E-state index contributed by atoms with van der Waals surface area (Å²) >= 11 is 0. The van der Waals surface area contributed by atoms with Crippen molar-refractivity contribution in [3.63, 3.8) is 0 Å². The second-order valence-electron chi connectivity index (χ2n) is 4.95. The highest BCUT2D eigenvalue weighted by molar-refractivity contribution is 5.91. The molecule has 1 aromatic carbocycles. The van der Waals surface area contributed by atoms with Crippen molar-refractivity contribution in [2.75, 3.05) is 26.4 Å². The minimum absolute atomic E-state index is 0.0811. The Labute approximate surface area is 133 Å². The molecule has 0 aliphatic heterocycles. The van der Waals surface area contributed by atoms with E-state index >= 15 is 0 Å². The van der Waals surface area contributed by atoms with Gasteiger partial charge in [-0.1, -0.05) is 25.5 Å². The second-order valence-corrected chi connectivity index (χ2v) is 4.95. The van der Waals surface area contributed by atoms with Gasteiger partial charge in [0.05, 0.1) is 6.61 Å². The van der Waals surface area contributed by atoms with Crippen molar-refractivity contribution in [3.05, 3.63) is 35.9 Å². The molecule has 0 unspecified atom stereocenters. The first-order chi connectivity index (χ1) is 10.8. The molecule has 1 aromatic rings. The normalized spacial score (nSPS) is 10.8. The monoisotopic (exact) mass is 305 g/mol. The first-order valence-corrected chi connectivity index (χ1v) is 8.02. The van der Waals surface area contributed by atoms with E-state index in [-0.39, 0.29) is 5.91 Å². The number of amides is 1. The first-order valence-electron chi connectivity index (χ1n) is 8.02. The summed E-state index contributed by atoms with van der Waals surface area (Å²) in [6.07, 6.45) is 6.42. The number of unbranched alkanes of at least 4 members (excludes halogenated alkanes) is 1. The summed E-state index contributed by atoms with van der Waals surface area (Å²) in [4.78, 5) is 11.7. The van der Waals surface area contributed by atoms with Gasteiger partial charge < -0.3 is 14.8 Å². The highest BCUT2D eigenvalue weighted by atomic mass is 16.5. The Kier molecular flexibility index (Phi) is 9.79. The minimum Gasteiger partial charge on any atom is -0.494 e. The molecule has 0 heterocycles. The van der Waals surface area contributed by atoms with Crippen molar-refractivity contribution >= 4 is 12.0 Å². The molecule has 1 amide bonds. The maximum absolute atomic E-state index is 11.7. The van der Waals surface area contributed by atoms with Crippen LogP contribution in [0.3, 0.4) is 0 Å². The Morgan fingerprint density at radius 2 is 1.86 bits per heavy atom. The third-order valence-corrected chi connectivity index (χ3v) is 3.03. The van der Waals surface area contributed by atoms with E-state index in [1.165, 1.54) is 0 Å². The molecule has 0 aliphatic rings. The van der Waals surface area contributed by atoms with E-state index in [9.17, 15) is 4.79 Å². The number of hydrogen-bond acceptors (Lipinski definition) is 3. The van der Waals surface area contributed by atoms with E-state index in [1.807, 2.05) is 31.2 Å². The minimum atomic E-state index is -0.0811. The van der Waals surface area contributed by atoms with Crippen LogP contribution in [0.15, 0.2) is 30.3 Å². The molecular formula is C18H27NO3. The van der Waals surface area contributed by atoms with Crippen molar-refractivity contribution in [3.8, 4) is 5.75 Å². The van der Waals surface area contributed by atoms with Gasteiger partial charge in [0.1, 0.15) is 5.75 Å². The highest BCUT2D eigenvalue weighted by Crippen LogP contribution is 2.12. The van der Waals surface area contributed by atoms with Crippen LogP contribution in [0.2, 0.25) is 0 Å². The Morgan fingerprint density at radius 3 is 2.55 bits per heavy atom. The zero-order valence-electron chi connectivity index (χ0n) is 13.6. The summed E-state index contributed by atoms with van der Waals surface area (Å²) in [5.41, 5.74) is 0.974. The molecule has 1 rings (SSSR count). The van der Waals surface area contributed by atoms with Gasteiger partial charge in [0, 0.05) is 25.8 Å². The lowest BCUT2D eigenvalue weighted by Gasteiger charge is -2.04. The number of ether oxygens (including phenoxy) is 2. The first kappa shape index (κ1) is 18.2. The van der Waals surface area contributed by atoms with E-state index in [2.05, 4.69) is 12.2 Å². The van der Waals surface area contributed by atoms with Crippen molar-refractivity contribution < 1.29 is 14.3 Å². The molecule has 4 nitrogen and oxygen atoms in total. The Balaban J connectivity index is 2.18. The number of rotatable bonds is 11. The Hall–Kier alpha value is -1.81. The predicted octanol–water partition coefficient (Wildman–Crippen LogP) is 3.42. The molecule has 4 heteroatoms. The summed E-state index contributed by atoms with van der Waals surface area (Å²) in [5, 5.41) is 2.85. The number of hydrogen-bond donors (Lipinski definition) is 1. The molecular weight excluding hydrogens is 278 g/mol. The summed E-state index contributed by atoms with van der Waals surface area (Å²) in [6.45, 7) is 6.89. The van der Waals surface area contributed by atoms with Gasteiger partial charge in [-0.3, -0.25) is 4.79 Å². The van der Waals surface area contributed by atoms with Crippen LogP contribution in [0.5, 0.6) is 5.75 Å². The maximum Gasteiger partial charge on any atom is 0.244 e. The van der Waals surface area contributed by atoms with Crippen molar-refractivity contribution in [2.24, 2.45) is 0 Å². The smallest absolute Gasteiger partial charge is 0.244 e. The van der Waals surface area contributed by atoms with Gasteiger partial charge in [-0.25, -0.2) is 0 Å². The van der Waals surface area contributed by atoms with E-state index < -0.39 is 0 Å². The van der Waals surface area contributed by atoms with Gasteiger partial charge in [-0.2, -0.15) is 0 Å². The van der Waals surface area contributed by atoms with Gasteiger partial charge in [0.2, 0.25) is 5.91 Å². The van der Waals surface area contributed by atoms with Crippen LogP contribution in [-0.4, -0.2) is 32.3 Å². The van der Waals surface area contributed by atoms with Crippen LogP contribution >= 0.6 is 0 Å². The summed E-state index contributed by atoms with van der Waals surface area (Å²) in [5.74, 6) is 0.759. The number of benzene rings is 1. The fourth-order valence-corrected chi connectivity index (χ4v) is 1.81. The van der Waals surface area contributed by atoms with Crippen LogP contribution in [0.25, 0.3) is 6.08 Å². The predicted molar refractivity (Wildman–Crippen MR) is 90.0 cm³/mol. The third kappa shape index (κ3) is 8.47. The standard InChI is InChI=1S/C18H27NO3/c1-3-5-14-21-15-6-13-19-18(20)12-9-16-7-10-17(11-8-16)22-4-2/h7-12H,3-6,13-15H2,1-2H3,(H,19,20)/b12-9+. The lowest BCUT2D eigenvalue weighted by atomic mass is 10.2. The molecule has 0 aromatic heterocycles. The third-order valence-electron chi connectivity index (χ3n) is 3.03. The van der Waals surface area contributed by atoms with Crippen LogP contribution in [0.1, 0.15) is 38.7 Å². The van der Waals surface area contributed by atoms with Gasteiger partial charge in [-0.15, -0.1) is 0 Å². The van der Waals surface area contributed by atoms with Gasteiger partial charge >= 0.3 is 0 Å². The average molecular weight is 305 g/mol. The molecule has 0 saturated carbocycles. The number of nitrogens with one attached hydrogen (secondary N) is 1. The number of carbonyl (C=O) groups excluding carboxylic acids is 1. The van der Waals surface area contributed by atoms with E-state index in [0.29, 0.717) is 19.8 Å². The Bertz CT molecular complexity index is 440. The van der Waals surface area contributed by atoms with Gasteiger partial charge in [0.25, 0.3) is 0 Å². The van der Waals surface area contributed by atoms with E-state index in [4.69, 9.17) is 9.47 Å². The zero-order valence-corrected chi connectivity index (χ0v) is 13.6. The Morgan fingerprint density at radius 1 is 1.14 bits per heavy atom. The maximum atomic E-state index is 11.7. The average Bonchev–Trinajstić information content (AvgIpc) is 2.54. The summed E-state index contributed by atoms with van der Waals surface area (Å²) in [7, 11) is 0. The molecule has 0 aliphatic carbocycles. The van der Waals surface area contributed by atoms with Crippen LogP contribution < -0.4 is 10.1 Å². The lowest BCUT2D eigenvalue weighted by Crippen LogP contribution is -2.23. The van der Waals surface area contributed by atoms with Crippen molar-refractivity contribution in [2.45, 2.75) is 33.1 Å². The highest BCUT2D eigenvalue weighted by Gasteiger charge is 1.96. The fourth-order valence-electron chi connectivity index (χ4n) is 1.81. The molecule has 0 saturated heterocycles. The molecule has 0 spiro atoms. The summed E-state index contributed by atoms with van der Waals surface area (Å²) in [6, 6.07) is 7.65. The molecule has 0 radical (unpaired) electrons. The molecule has 0 atom stereocenters. The van der Waals surface area contributed by atoms with Gasteiger partial charge in [0.15, 0.2) is 0 Å². The lowest BCUT2D eigenvalue weighted by molar-refractivity contribution is -0.116. The molecule has 0 bridgehead atoms.